The Morgan fingerprint density at radius 3 is 2.30 bits per heavy atom. The van der Waals surface area contributed by atoms with Crippen LogP contribution in [0.2, 0.25) is 15.1 Å². The number of hydrogen-bond acceptors (Lipinski definition) is 2. The van der Waals surface area contributed by atoms with Crippen LogP contribution in [0.1, 0.15) is 10.4 Å². The average Bonchev–Trinajstić information content (AvgIpc) is 2.45. The Labute approximate surface area is 145 Å². The van der Waals surface area contributed by atoms with Crippen molar-refractivity contribution >= 4 is 58.2 Å². The van der Waals surface area contributed by atoms with E-state index in [2.05, 4.69) is 10.6 Å². The molecule has 0 unspecified atom stereocenters. The van der Waals surface area contributed by atoms with Gasteiger partial charge in [-0.15, -0.1) is 0 Å². The molecule has 2 amide bonds. The first-order valence-corrected chi connectivity index (χ1v) is 7.16. The summed E-state index contributed by atoms with van der Waals surface area (Å²) in [5.74, 6) is -1.94. The zero-order valence-electron chi connectivity index (χ0n) is 11.2. The molecule has 0 spiro atoms. The summed E-state index contributed by atoms with van der Waals surface area (Å²) in [4.78, 5) is 23.1. The van der Waals surface area contributed by atoms with Gasteiger partial charge in [-0.1, -0.05) is 34.8 Å². The molecule has 0 atom stereocenters. The zero-order chi connectivity index (χ0) is 17.1. The Bertz CT molecular complexity index is 799. The van der Waals surface area contributed by atoms with Crippen LogP contribution >= 0.6 is 34.8 Å². The highest BCUT2D eigenvalue weighted by Crippen LogP contribution is 2.30. The maximum Gasteiger partial charge on any atom is 0.337 e. The number of rotatable bonds is 3. The molecule has 0 aliphatic carbocycles. The lowest BCUT2D eigenvalue weighted by atomic mass is 10.2. The number of halogens is 4. The molecule has 3 N–H and O–H groups in total. The number of benzene rings is 2. The number of carboxylic acids is 1. The summed E-state index contributed by atoms with van der Waals surface area (Å²) in [6.07, 6.45) is 0. The van der Waals surface area contributed by atoms with E-state index in [0.29, 0.717) is 0 Å². The van der Waals surface area contributed by atoms with Gasteiger partial charge in [0.05, 0.1) is 21.3 Å². The number of carboxylic acid groups (broad SMARTS) is 1. The standard InChI is InChI=1S/C14H8Cl3FN2O3/c15-6-3-8(13(21)22)12(10(17)4-6)20-14(23)19-7-1-2-11(18)9(16)5-7/h1-5H,(H,21,22)(H2,19,20,23). The minimum Gasteiger partial charge on any atom is -0.478 e. The molecular weight excluding hydrogens is 370 g/mol. The Balaban J connectivity index is 2.23. The first-order chi connectivity index (χ1) is 10.8. The highest BCUT2D eigenvalue weighted by Gasteiger charge is 2.17. The summed E-state index contributed by atoms with van der Waals surface area (Å²) in [5, 5.41) is 13.7. The second-order valence-corrected chi connectivity index (χ2v) is 5.57. The molecule has 2 rings (SSSR count). The van der Waals surface area contributed by atoms with Crippen LogP contribution in [0, 0.1) is 5.82 Å². The van der Waals surface area contributed by atoms with Gasteiger partial charge in [-0.3, -0.25) is 0 Å². The van der Waals surface area contributed by atoms with Crippen LogP contribution in [-0.2, 0) is 0 Å². The van der Waals surface area contributed by atoms with Crippen molar-refractivity contribution < 1.29 is 19.1 Å². The monoisotopic (exact) mass is 376 g/mol. The first-order valence-electron chi connectivity index (χ1n) is 6.03. The molecule has 0 fully saturated rings. The molecule has 0 heterocycles. The van der Waals surface area contributed by atoms with E-state index in [1.807, 2.05) is 0 Å². The van der Waals surface area contributed by atoms with Crippen LogP contribution in [-0.4, -0.2) is 17.1 Å². The topological polar surface area (TPSA) is 78.4 Å². The lowest BCUT2D eigenvalue weighted by Gasteiger charge is -2.12. The summed E-state index contributed by atoms with van der Waals surface area (Å²) < 4.78 is 13.1. The van der Waals surface area contributed by atoms with Crippen molar-refractivity contribution in [3.8, 4) is 0 Å². The molecule has 0 aromatic heterocycles. The number of amides is 2. The summed E-state index contributed by atoms with van der Waals surface area (Å²) >= 11 is 17.3. The quantitative estimate of drug-likeness (QED) is 0.694. The number of urea groups is 1. The van der Waals surface area contributed by atoms with Crippen molar-refractivity contribution in [3.63, 3.8) is 0 Å². The van der Waals surface area contributed by atoms with Gasteiger partial charge in [0.1, 0.15) is 5.82 Å². The van der Waals surface area contributed by atoms with Crippen LogP contribution in [0.5, 0.6) is 0 Å². The number of aromatic carboxylic acids is 1. The lowest BCUT2D eigenvalue weighted by Crippen LogP contribution is -2.21. The fourth-order valence-electron chi connectivity index (χ4n) is 1.72. The molecule has 2 aromatic carbocycles. The molecule has 0 bridgehead atoms. The number of anilines is 2. The SMILES string of the molecule is O=C(Nc1ccc(F)c(Cl)c1)Nc1c(Cl)cc(Cl)cc1C(=O)O. The van der Waals surface area contributed by atoms with Gasteiger partial charge in [0.2, 0.25) is 0 Å². The highest BCUT2D eigenvalue weighted by atomic mass is 35.5. The molecule has 9 heteroatoms. The van der Waals surface area contributed by atoms with Crippen molar-refractivity contribution in [2.45, 2.75) is 0 Å². The van der Waals surface area contributed by atoms with Crippen molar-refractivity contribution in [1.29, 1.82) is 0 Å². The predicted molar refractivity (Wildman–Crippen MR) is 87.5 cm³/mol. The largest absolute Gasteiger partial charge is 0.478 e. The van der Waals surface area contributed by atoms with Gasteiger partial charge in [-0.05, 0) is 30.3 Å². The van der Waals surface area contributed by atoms with E-state index in [9.17, 15) is 14.0 Å². The van der Waals surface area contributed by atoms with E-state index < -0.39 is 17.8 Å². The number of nitrogens with one attached hydrogen (secondary N) is 2. The molecule has 0 saturated heterocycles. The van der Waals surface area contributed by atoms with Gasteiger partial charge in [0, 0.05) is 10.7 Å². The minimum atomic E-state index is -1.31. The number of carbonyl (C=O) groups is 2. The van der Waals surface area contributed by atoms with Crippen LogP contribution in [0.15, 0.2) is 30.3 Å². The first kappa shape index (κ1) is 17.3. The maximum atomic E-state index is 13.1. The van der Waals surface area contributed by atoms with Crippen molar-refractivity contribution in [2.24, 2.45) is 0 Å². The molecule has 0 aliphatic rings. The van der Waals surface area contributed by atoms with E-state index in [1.165, 1.54) is 18.2 Å². The Morgan fingerprint density at radius 1 is 1.00 bits per heavy atom. The fourth-order valence-corrected chi connectivity index (χ4v) is 2.44. The number of hydrogen-bond donors (Lipinski definition) is 3. The van der Waals surface area contributed by atoms with E-state index in [4.69, 9.17) is 39.9 Å². The van der Waals surface area contributed by atoms with Gasteiger partial charge >= 0.3 is 12.0 Å². The molecular formula is C14H8Cl3FN2O3. The van der Waals surface area contributed by atoms with Crippen molar-refractivity contribution in [3.05, 3.63) is 56.8 Å². The third kappa shape index (κ3) is 4.25. The summed E-state index contributed by atoms with van der Waals surface area (Å²) in [7, 11) is 0. The number of carbonyl (C=O) groups excluding carboxylic acids is 1. The zero-order valence-corrected chi connectivity index (χ0v) is 13.4. The lowest BCUT2D eigenvalue weighted by molar-refractivity contribution is 0.0698. The second kappa shape index (κ2) is 7.04. The Hall–Kier alpha value is -2.02. The van der Waals surface area contributed by atoms with Gasteiger partial charge < -0.3 is 15.7 Å². The van der Waals surface area contributed by atoms with E-state index in [0.717, 1.165) is 12.1 Å². The molecule has 5 nitrogen and oxygen atoms in total. The normalized spacial score (nSPS) is 10.3. The van der Waals surface area contributed by atoms with Gasteiger partial charge in [0.15, 0.2) is 0 Å². The molecule has 0 saturated carbocycles. The third-order valence-corrected chi connectivity index (χ3v) is 3.51. The molecule has 0 aliphatic heterocycles. The second-order valence-electron chi connectivity index (χ2n) is 4.32. The van der Waals surface area contributed by atoms with E-state index in [1.54, 1.807) is 0 Å². The third-order valence-electron chi connectivity index (χ3n) is 2.70. The van der Waals surface area contributed by atoms with Crippen molar-refractivity contribution in [1.82, 2.24) is 0 Å². The van der Waals surface area contributed by atoms with E-state index >= 15 is 0 Å². The Kier molecular flexibility index (Phi) is 5.30. The average molecular weight is 378 g/mol. The fraction of sp³-hybridized carbons (Fsp3) is 0. The van der Waals surface area contributed by atoms with Gasteiger partial charge in [-0.25, -0.2) is 14.0 Å². The minimum absolute atomic E-state index is 0.0396. The summed E-state index contributed by atoms with van der Waals surface area (Å²) in [6.45, 7) is 0. The summed E-state index contributed by atoms with van der Waals surface area (Å²) in [6, 6.07) is 5.25. The van der Waals surface area contributed by atoms with Crippen LogP contribution < -0.4 is 10.6 Å². The van der Waals surface area contributed by atoms with Gasteiger partial charge in [0.25, 0.3) is 0 Å². The van der Waals surface area contributed by atoms with Crippen LogP contribution in [0.3, 0.4) is 0 Å². The van der Waals surface area contributed by atoms with E-state index in [-0.39, 0.29) is 32.0 Å². The van der Waals surface area contributed by atoms with Gasteiger partial charge in [-0.2, -0.15) is 0 Å². The highest BCUT2D eigenvalue weighted by molar-refractivity contribution is 6.38. The van der Waals surface area contributed by atoms with Crippen molar-refractivity contribution in [2.75, 3.05) is 10.6 Å². The smallest absolute Gasteiger partial charge is 0.337 e. The van der Waals surface area contributed by atoms with Crippen LogP contribution in [0.4, 0.5) is 20.6 Å². The molecule has 2 aromatic rings. The van der Waals surface area contributed by atoms with Crippen LogP contribution in [0.25, 0.3) is 0 Å². The predicted octanol–water partition coefficient (Wildman–Crippen LogP) is 5.13. The Morgan fingerprint density at radius 2 is 1.70 bits per heavy atom. The molecule has 23 heavy (non-hydrogen) atoms. The molecule has 120 valence electrons. The summed E-state index contributed by atoms with van der Waals surface area (Å²) in [5.41, 5.74) is -0.167. The molecule has 0 radical (unpaired) electrons. The maximum absolute atomic E-state index is 13.1.